The van der Waals surface area contributed by atoms with E-state index < -0.39 is 9.84 Å². The summed E-state index contributed by atoms with van der Waals surface area (Å²) < 4.78 is 23.5. The molecule has 1 saturated heterocycles. The molecule has 0 spiro atoms. The lowest BCUT2D eigenvalue weighted by atomic mass is 10.1. The van der Waals surface area contributed by atoms with Crippen LogP contribution < -0.4 is 0 Å². The van der Waals surface area contributed by atoms with E-state index in [9.17, 15) is 8.42 Å². The van der Waals surface area contributed by atoms with Crippen molar-refractivity contribution in [2.75, 3.05) is 19.3 Å². The van der Waals surface area contributed by atoms with Crippen molar-refractivity contribution in [3.63, 3.8) is 0 Å². The molecule has 2 aromatic heterocycles. The van der Waals surface area contributed by atoms with Crippen LogP contribution >= 0.6 is 0 Å². The number of likely N-dealkylation sites (tertiary alicyclic amines) is 1. The average Bonchev–Trinajstić information content (AvgIpc) is 3.07. The molecule has 1 fully saturated rings. The van der Waals surface area contributed by atoms with E-state index in [4.69, 9.17) is 0 Å². The largest absolute Gasteiger partial charge is 0.297 e. The number of hydrogen-bond donors (Lipinski definition) is 1. The molecule has 0 aromatic carbocycles. The van der Waals surface area contributed by atoms with E-state index >= 15 is 0 Å². The predicted molar refractivity (Wildman–Crippen MR) is 76.4 cm³/mol. The van der Waals surface area contributed by atoms with E-state index in [2.05, 4.69) is 25.1 Å². The highest BCUT2D eigenvalue weighted by molar-refractivity contribution is 7.90. The van der Waals surface area contributed by atoms with Crippen LogP contribution in [0.15, 0.2) is 29.7 Å². The van der Waals surface area contributed by atoms with Gasteiger partial charge >= 0.3 is 0 Å². The summed E-state index contributed by atoms with van der Waals surface area (Å²) in [6, 6.07) is 0. The maximum atomic E-state index is 11.8. The first-order valence-corrected chi connectivity index (χ1v) is 8.64. The SMILES string of the molecule is CS(=O)(=O)c1cn[nH]c1[C@H]1CCN(Cc2cnccn2)C1. The molecule has 8 heteroatoms. The van der Waals surface area contributed by atoms with Gasteiger partial charge in [0.1, 0.15) is 4.90 Å². The summed E-state index contributed by atoms with van der Waals surface area (Å²) in [5, 5.41) is 6.75. The van der Waals surface area contributed by atoms with Gasteiger partial charge in [-0.05, 0) is 13.0 Å². The number of nitrogens with one attached hydrogen (secondary N) is 1. The van der Waals surface area contributed by atoms with Crippen LogP contribution in [-0.2, 0) is 16.4 Å². The van der Waals surface area contributed by atoms with Gasteiger partial charge in [0.25, 0.3) is 0 Å². The third kappa shape index (κ3) is 3.11. The van der Waals surface area contributed by atoms with Crippen LogP contribution in [-0.4, -0.2) is 52.8 Å². The predicted octanol–water partition coefficient (Wildman–Crippen LogP) is 0.593. The Morgan fingerprint density at radius 3 is 2.95 bits per heavy atom. The summed E-state index contributed by atoms with van der Waals surface area (Å²) in [6.07, 6.45) is 8.61. The van der Waals surface area contributed by atoms with Crippen LogP contribution in [0.4, 0.5) is 0 Å². The lowest BCUT2D eigenvalue weighted by Crippen LogP contribution is -2.20. The molecule has 3 rings (SSSR count). The third-order valence-electron chi connectivity index (χ3n) is 3.71. The maximum absolute atomic E-state index is 11.8. The lowest BCUT2D eigenvalue weighted by molar-refractivity contribution is 0.321. The second kappa shape index (κ2) is 5.53. The summed E-state index contributed by atoms with van der Waals surface area (Å²) in [5.74, 6) is 0.161. The summed E-state index contributed by atoms with van der Waals surface area (Å²) >= 11 is 0. The zero-order valence-corrected chi connectivity index (χ0v) is 12.5. The molecule has 1 N–H and O–H groups in total. The van der Waals surface area contributed by atoms with Gasteiger partial charge in [0.05, 0.1) is 17.6 Å². The van der Waals surface area contributed by atoms with Gasteiger partial charge < -0.3 is 0 Å². The Morgan fingerprint density at radius 2 is 2.24 bits per heavy atom. The highest BCUT2D eigenvalue weighted by Crippen LogP contribution is 2.30. The van der Waals surface area contributed by atoms with Gasteiger partial charge in [-0.3, -0.25) is 20.0 Å². The van der Waals surface area contributed by atoms with E-state index in [0.29, 0.717) is 4.90 Å². The van der Waals surface area contributed by atoms with Gasteiger partial charge in [-0.2, -0.15) is 5.10 Å². The van der Waals surface area contributed by atoms with Crippen molar-refractivity contribution < 1.29 is 8.42 Å². The van der Waals surface area contributed by atoms with E-state index in [0.717, 1.165) is 37.4 Å². The summed E-state index contributed by atoms with van der Waals surface area (Å²) in [4.78, 5) is 10.9. The van der Waals surface area contributed by atoms with Crippen molar-refractivity contribution in [3.8, 4) is 0 Å². The minimum Gasteiger partial charge on any atom is -0.297 e. The zero-order valence-electron chi connectivity index (χ0n) is 11.7. The molecule has 7 nitrogen and oxygen atoms in total. The van der Waals surface area contributed by atoms with Gasteiger partial charge in [-0.1, -0.05) is 0 Å². The molecule has 0 radical (unpaired) electrons. The van der Waals surface area contributed by atoms with Crippen molar-refractivity contribution in [3.05, 3.63) is 36.2 Å². The van der Waals surface area contributed by atoms with Crippen LogP contribution in [0, 0.1) is 0 Å². The Morgan fingerprint density at radius 1 is 1.38 bits per heavy atom. The maximum Gasteiger partial charge on any atom is 0.178 e. The highest BCUT2D eigenvalue weighted by atomic mass is 32.2. The Bertz CT molecular complexity index is 713. The van der Waals surface area contributed by atoms with Crippen molar-refractivity contribution in [2.24, 2.45) is 0 Å². The second-order valence-corrected chi connectivity index (χ2v) is 7.32. The summed E-state index contributed by atoms with van der Waals surface area (Å²) in [6.45, 7) is 2.43. The fraction of sp³-hybridized carbons (Fsp3) is 0.462. The monoisotopic (exact) mass is 307 g/mol. The summed E-state index contributed by atoms with van der Waals surface area (Å²) in [5.41, 5.74) is 1.64. The number of aromatic nitrogens is 4. The molecule has 2 aromatic rings. The fourth-order valence-corrected chi connectivity index (χ4v) is 3.58. The average molecular weight is 307 g/mol. The van der Waals surface area contributed by atoms with Crippen molar-refractivity contribution in [2.45, 2.75) is 23.8 Å². The van der Waals surface area contributed by atoms with Crippen LogP contribution in [0.1, 0.15) is 23.7 Å². The van der Waals surface area contributed by atoms with Gasteiger partial charge in [0.2, 0.25) is 0 Å². The van der Waals surface area contributed by atoms with Gasteiger partial charge in [0.15, 0.2) is 9.84 Å². The molecule has 0 saturated carbocycles. The zero-order chi connectivity index (χ0) is 14.9. The minimum atomic E-state index is -3.24. The Balaban J connectivity index is 1.72. The van der Waals surface area contributed by atoms with Gasteiger partial charge in [0, 0.05) is 43.9 Å². The lowest BCUT2D eigenvalue weighted by Gasteiger charge is -2.15. The standard InChI is InChI=1S/C13H17N5O2S/c1-21(19,20)12-7-16-17-13(12)10-2-5-18(8-10)9-11-6-14-3-4-15-11/h3-4,6-7,10H,2,5,8-9H2,1H3,(H,16,17)/t10-/m0/s1. The first-order valence-electron chi connectivity index (χ1n) is 6.74. The van der Waals surface area contributed by atoms with Crippen molar-refractivity contribution in [1.82, 2.24) is 25.1 Å². The molecule has 0 aliphatic carbocycles. The Labute approximate surface area is 123 Å². The molecule has 1 atom stereocenters. The fourth-order valence-electron chi connectivity index (χ4n) is 2.73. The first-order chi connectivity index (χ1) is 10.0. The number of rotatable bonds is 4. The second-order valence-electron chi connectivity index (χ2n) is 5.34. The minimum absolute atomic E-state index is 0.161. The number of sulfone groups is 1. The molecule has 0 bridgehead atoms. The van der Waals surface area contributed by atoms with E-state index in [1.165, 1.54) is 12.5 Å². The van der Waals surface area contributed by atoms with Gasteiger partial charge in [-0.15, -0.1) is 0 Å². The molecule has 3 heterocycles. The molecular formula is C13H17N5O2S. The van der Waals surface area contributed by atoms with Crippen molar-refractivity contribution in [1.29, 1.82) is 0 Å². The van der Waals surface area contributed by atoms with Crippen molar-refractivity contribution >= 4 is 9.84 Å². The summed E-state index contributed by atoms with van der Waals surface area (Å²) in [7, 11) is -3.24. The number of nitrogens with zero attached hydrogens (tertiary/aromatic N) is 4. The smallest absolute Gasteiger partial charge is 0.178 e. The molecular weight excluding hydrogens is 290 g/mol. The number of H-pyrrole nitrogens is 1. The first kappa shape index (κ1) is 14.2. The Hall–Kier alpha value is -1.80. The quantitative estimate of drug-likeness (QED) is 0.889. The molecule has 1 aliphatic rings. The molecule has 112 valence electrons. The topological polar surface area (TPSA) is 91.8 Å². The number of hydrogen-bond acceptors (Lipinski definition) is 6. The molecule has 0 amide bonds. The van der Waals surface area contributed by atoms with Crippen LogP contribution in [0.25, 0.3) is 0 Å². The van der Waals surface area contributed by atoms with Crippen LogP contribution in [0.3, 0.4) is 0 Å². The molecule has 1 aliphatic heterocycles. The van der Waals surface area contributed by atoms with E-state index in [1.54, 1.807) is 18.6 Å². The Kier molecular flexibility index (Phi) is 3.73. The molecule has 21 heavy (non-hydrogen) atoms. The number of aromatic amines is 1. The highest BCUT2D eigenvalue weighted by Gasteiger charge is 2.29. The van der Waals surface area contributed by atoms with E-state index in [1.807, 2.05) is 0 Å². The normalized spacial score (nSPS) is 20.0. The third-order valence-corrected chi connectivity index (χ3v) is 4.84. The molecule has 0 unspecified atom stereocenters. The van der Waals surface area contributed by atoms with E-state index in [-0.39, 0.29) is 5.92 Å². The van der Waals surface area contributed by atoms with Gasteiger partial charge in [-0.25, -0.2) is 8.42 Å². The van der Waals surface area contributed by atoms with Crippen LogP contribution in [0.2, 0.25) is 0 Å². The van der Waals surface area contributed by atoms with Crippen LogP contribution in [0.5, 0.6) is 0 Å².